The lowest BCUT2D eigenvalue weighted by Crippen LogP contribution is -2.54. The van der Waals surface area contributed by atoms with Crippen LogP contribution in [0.3, 0.4) is 0 Å². The molecule has 0 aromatic heterocycles. The molecule has 2 rings (SSSR count). The Hall–Kier alpha value is -1.22. The predicted octanol–water partition coefficient (Wildman–Crippen LogP) is 1.01. The number of carboxylic acid groups (broad SMARTS) is 2. The lowest BCUT2D eigenvalue weighted by molar-refractivity contribution is -0.144. The first kappa shape index (κ1) is 20.1. The molecule has 0 aromatic rings. The molecule has 2 saturated heterocycles. The fourth-order valence-corrected chi connectivity index (χ4v) is 3.47. The van der Waals surface area contributed by atoms with Gasteiger partial charge in [0.05, 0.1) is 5.92 Å². The Morgan fingerprint density at radius 2 is 1.56 bits per heavy atom. The molecule has 144 valence electrons. The van der Waals surface area contributed by atoms with Gasteiger partial charge >= 0.3 is 11.9 Å². The fraction of sp³-hybridized carbons (Fsp3) is 0.882. The quantitative estimate of drug-likeness (QED) is 0.457. The van der Waals surface area contributed by atoms with E-state index in [9.17, 15) is 14.7 Å². The van der Waals surface area contributed by atoms with E-state index in [1.807, 2.05) is 0 Å². The number of hydrogen-bond donors (Lipinski definition) is 4. The largest absolute Gasteiger partial charge is 0.481 e. The van der Waals surface area contributed by atoms with E-state index >= 15 is 0 Å². The number of carbonyl (C=O) groups is 2. The topological polar surface area (TPSA) is 117 Å². The van der Waals surface area contributed by atoms with Gasteiger partial charge in [-0.1, -0.05) is 0 Å². The van der Waals surface area contributed by atoms with Crippen LogP contribution in [0.2, 0.25) is 0 Å². The van der Waals surface area contributed by atoms with Crippen molar-refractivity contribution in [3.05, 3.63) is 0 Å². The maximum atomic E-state index is 11.5. The van der Waals surface area contributed by atoms with Crippen LogP contribution in [0, 0.1) is 11.8 Å². The molecule has 0 spiro atoms. The summed E-state index contributed by atoms with van der Waals surface area (Å²) in [5, 5.41) is 24.9. The SMILES string of the molecule is O=C(O)CCCC(CCC(C1NCCCO1)C1NCCCO1)C(=O)O. The van der Waals surface area contributed by atoms with Crippen molar-refractivity contribution in [1.29, 1.82) is 0 Å². The molecule has 2 aliphatic heterocycles. The van der Waals surface area contributed by atoms with E-state index in [4.69, 9.17) is 14.6 Å². The molecular formula is C17H30N2O6. The van der Waals surface area contributed by atoms with Crippen LogP contribution in [0.15, 0.2) is 0 Å². The van der Waals surface area contributed by atoms with Crippen molar-refractivity contribution in [2.45, 2.75) is 57.4 Å². The smallest absolute Gasteiger partial charge is 0.306 e. The summed E-state index contributed by atoms with van der Waals surface area (Å²) in [5.41, 5.74) is 0. The molecular weight excluding hydrogens is 328 g/mol. The Balaban J connectivity index is 1.91. The first-order chi connectivity index (χ1) is 12.1. The molecule has 25 heavy (non-hydrogen) atoms. The predicted molar refractivity (Wildman–Crippen MR) is 90.1 cm³/mol. The van der Waals surface area contributed by atoms with Crippen molar-refractivity contribution in [2.24, 2.45) is 11.8 Å². The number of aliphatic carboxylic acids is 2. The Bertz CT molecular complexity index is 403. The van der Waals surface area contributed by atoms with Gasteiger partial charge in [-0.25, -0.2) is 0 Å². The van der Waals surface area contributed by atoms with E-state index in [-0.39, 0.29) is 24.8 Å². The monoisotopic (exact) mass is 358 g/mol. The average Bonchev–Trinajstić information content (AvgIpc) is 2.61. The van der Waals surface area contributed by atoms with Crippen LogP contribution in [-0.4, -0.2) is 60.9 Å². The maximum Gasteiger partial charge on any atom is 0.306 e. The number of carboxylic acids is 2. The van der Waals surface area contributed by atoms with Crippen LogP contribution in [0.25, 0.3) is 0 Å². The van der Waals surface area contributed by atoms with E-state index in [0.717, 1.165) is 25.9 Å². The van der Waals surface area contributed by atoms with E-state index in [1.165, 1.54) is 0 Å². The van der Waals surface area contributed by atoms with E-state index < -0.39 is 17.9 Å². The van der Waals surface area contributed by atoms with Gasteiger partial charge in [-0.2, -0.15) is 0 Å². The van der Waals surface area contributed by atoms with Crippen LogP contribution in [-0.2, 0) is 19.1 Å². The highest BCUT2D eigenvalue weighted by atomic mass is 16.5. The van der Waals surface area contributed by atoms with Crippen molar-refractivity contribution in [1.82, 2.24) is 10.6 Å². The maximum absolute atomic E-state index is 11.5. The molecule has 2 fully saturated rings. The Kier molecular flexibility index (Phi) is 8.60. The number of rotatable bonds is 10. The van der Waals surface area contributed by atoms with Gasteiger partial charge in [-0.05, 0) is 51.6 Å². The molecule has 4 N–H and O–H groups in total. The van der Waals surface area contributed by atoms with Crippen LogP contribution < -0.4 is 10.6 Å². The summed E-state index contributed by atoms with van der Waals surface area (Å²) in [6.07, 6.45) is 3.57. The van der Waals surface area contributed by atoms with Crippen LogP contribution >= 0.6 is 0 Å². The molecule has 8 heteroatoms. The highest BCUT2D eigenvalue weighted by Gasteiger charge is 2.34. The van der Waals surface area contributed by atoms with Gasteiger partial charge in [0.25, 0.3) is 0 Å². The molecule has 3 unspecified atom stereocenters. The van der Waals surface area contributed by atoms with Crippen molar-refractivity contribution in [2.75, 3.05) is 26.3 Å². The molecule has 2 aliphatic rings. The fourth-order valence-electron chi connectivity index (χ4n) is 3.47. The van der Waals surface area contributed by atoms with Crippen LogP contribution in [0.1, 0.15) is 44.9 Å². The molecule has 0 bridgehead atoms. The van der Waals surface area contributed by atoms with Gasteiger partial charge in [0.2, 0.25) is 0 Å². The van der Waals surface area contributed by atoms with Crippen LogP contribution in [0.5, 0.6) is 0 Å². The van der Waals surface area contributed by atoms with E-state index in [2.05, 4.69) is 10.6 Å². The molecule has 3 atom stereocenters. The number of hydrogen-bond acceptors (Lipinski definition) is 6. The van der Waals surface area contributed by atoms with E-state index in [0.29, 0.717) is 38.9 Å². The first-order valence-corrected chi connectivity index (χ1v) is 9.22. The summed E-state index contributed by atoms with van der Waals surface area (Å²) in [4.78, 5) is 22.1. The van der Waals surface area contributed by atoms with Gasteiger partial charge in [-0.3, -0.25) is 20.2 Å². The molecule has 0 saturated carbocycles. The first-order valence-electron chi connectivity index (χ1n) is 9.22. The molecule has 0 amide bonds. The molecule has 0 aliphatic carbocycles. The molecule has 0 aromatic carbocycles. The summed E-state index contributed by atoms with van der Waals surface area (Å²) in [6, 6.07) is 0. The summed E-state index contributed by atoms with van der Waals surface area (Å²) in [5.74, 6) is -2.25. The Morgan fingerprint density at radius 1 is 0.960 bits per heavy atom. The third-order valence-electron chi connectivity index (χ3n) is 4.85. The van der Waals surface area contributed by atoms with Crippen LogP contribution in [0.4, 0.5) is 0 Å². The van der Waals surface area contributed by atoms with Gasteiger partial charge in [0.15, 0.2) is 0 Å². The number of nitrogens with one attached hydrogen (secondary N) is 2. The molecule has 8 nitrogen and oxygen atoms in total. The third-order valence-corrected chi connectivity index (χ3v) is 4.85. The average molecular weight is 358 g/mol. The second-order valence-corrected chi connectivity index (χ2v) is 6.76. The lowest BCUT2D eigenvalue weighted by atomic mass is 9.89. The van der Waals surface area contributed by atoms with Gasteiger partial charge in [0, 0.05) is 25.6 Å². The third kappa shape index (κ3) is 6.89. The van der Waals surface area contributed by atoms with Crippen molar-refractivity contribution < 1.29 is 29.3 Å². The second kappa shape index (κ2) is 10.7. The minimum atomic E-state index is -0.887. The summed E-state index contributed by atoms with van der Waals surface area (Å²) in [7, 11) is 0. The van der Waals surface area contributed by atoms with Crippen molar-refractivity contribution >= 4 is 11.9 Å². The van der Waals surface area contributed by atoms with Gasteiger partial charge < -0.3 is 19.7 Å². The summed E-state index contributed by atoms with van der Waals surface area (Å²) >= 11 is 0. The lowest BCUT2D eigenvalue weighted by Gasteiger charge is -2.38. The Morgan fingerprint density at radius 3 is 2.00 bits per heavy atom. The zero-order valence-corrected chi connectivity index (χ0v) is 14.6. The highest BCUT2D eigenvalue weighted by Crippen LogP contribution is 2.26. The standard InChI is InChI=1S/C17H30N2O6/c20-14(21)5-1-4-12(17(22)23)6-7-13(15-18-8-2-10-24-15)16-19-9-3-11-25-16/h12-13,15-16,18-19H,1-11H2,(H,20,21)(H,22,23). The highest BCUT2D eigenvalue weighted by molar-refractivity contribution is 5.70. The molecule has 2 heterocycles. The van der Waals surface area contributed by atoms with Crippen molar-refractivity contribution in [3.8, 4) is 0 Å². The minimum absolute atomic E-state index is 0.00773. The van der Waals surface area contributed by atoms with Gasteiger partial charge in [-0.15, -0.1) is 0 Å². The summed E-state index contributed by atoms with van der Waals surface area (Å²) < 4.78 is 11.7. The minimum Gasteiger partial charge on any atom is -0.481 e. The zero-order valence-electron chi connectivity index (χ0n) is 14.6. The van der Waals surface area contributed by atoms with Crippen molar-refractivity contribution in [3.63, 3.8) is 0 Å². The van der Waals surface area contributed by atoms with E-state index in [1.54, 1.807) is 0 Å². The zero-order chi connectivity index (χ0) is 18.1. The second-order valence-electron chi connectivity index (χ2n) is 6.76. The molecule has 0 radical (unpaired) electrons. The van der Waals surface area contributed by atoms with Gasteiger partial charge in [0.1, 0.15) is 12.5 Å². The summed E-state index contributed by atoms with van der Waals surface area (Å²) in [6.45, 7) is 3.16. The number of ether oxygens (including phenoxy) is 2. The normalized spacial score (nSPS) is 26.7. The Labute approximate surface area is 148 Å².